The molecule has 2 atom stereocenters. The molecular weight excluding hydrogens is 497 g/mol. The molecule has 1 N–H and O–H groups in total. The van der Waals surface area contributed by atoms with Crippen molar-refractivity contribution in [1.29, 1.82) is 0 Å². The number of ether oxygens (including phenoxy) is 3. The molecule has 1 rings (SSSR count). The predicted octanol–water partition coefficient (Wildman–Crippen LogP) is 5.49. The first-order valence-corrected chi connectivity index (χ1v) is 14.9. The molecule has 0 saturated carbocycles. The predicted molar refractivity (Wildman–Crippen MR) is 144 cm³/mol. The molecule has 9 nitrogen and oxygen atoms in total. The number of rotatable bonds is 22. The highest BCUT2D eigenvalue weighted by Gasteiger charge is 2.26. The van der Waals surface area contributed by atoms with Crippen LogP contribution < -0.4 is 4.74 Å². The van der Waals surface area contributed by atoms with Crippen molar-refractivity contribution in [2.75, 3.05) is 54.1 Å². The number of carbonyl (C=O) groups is 1. The SMILES string of the molecule is CCCCCCCCCCOCc1ccc(OCC(COP(=O)(O)OCC[N+](C)(C)C)OC(C)=O)cc1. The van der Waals surface area contributed by atoms with E-state index in [0.29, 0.717) is 23.4 Å². The van der Waals surface area contributed by atoms with Crippen LogP contribution >= 0.6 is 7.82 Å². The van der Waals surface area contributed by atoms with Crippen LogP contribution in [0.1, 0.15) is 70.8 Å². The number of likely N-dealkylation sites (N-methyl/N-ethyl adjacent to an activating group) is 1. The Morgan fingerprint density at radius 1 is 0.919 bits per heavy atom. The summed E-state index contributed by atoms with van der Waals surface area (Å²) in [4.78, 5) is 21.3. The van der Waals surface area contributed by atoms with Gasteiger partial charge >= 0.3 is 13.8 Å². The van der Waals surface area contributed by atoms with Crippen LogP contribution in [0.3, 0.4) is 0 Å². The van der Waals surface area contributed by atoms with Crippen molar-refractivity contribution >= 4 is 13.8 Å². The lowest BCUT2D eigenvalue weighted by molar-refractivity contribution is -0.870. The maximum absolute atomic E-state index is 12.1. The third-order valence-electron chi connectivity index (χ3n) is 5.54. The summed E-state index contributed by atoms with van der Waals surface area (Å²) in [5.41, 5.74) is 1.04. The van der Waals surface area contributed by atoms with Gasteiger partial charge in [0.15, 0.2) is 6.10 Å². The van der Waals surface area contributed by atoms with Gasteiger partial charge in [0.05, 0.1) is 34.4 Å². The van der Waals surface area contributed by atoms with Gasteiger partial charge in [-0.1, -0.05) is 64.0 Å². The minimum Gasteiger partial charge on any atom is -0.490 e. The zero-order valence-electron chi connectivity index (χ0n) is 23.5. The zero-order chi connectivity index (χ0) is 27.6. The lowest BCUT2D eigenvalue weighted by atomic mass is 10.1. The second-order valence-corrected chi connectivity index (χ2v) is 11.8. The summed E-state index contributed by atoms with van der Waals surface area (Å²) in [6.07, 6.45) is 9.33. The zero-order valence-corrected chi connectivity index (χ0v) is 24.4. The maximum atomic E-state index is 12.1. The minimum absolute atomic E-state index is 0.0350. The van der Waals surface area contributed by atoms with E-state index in [1.54, 1.807) is 0 Å². The Hall–Kier alpha value is -1.48. The summed E-state index contributed by atoms with van der Waals surface area (Å²) >= 11 is 0. The van der Waals surface area contributed by atoms with Crippen LogP contribution in [0.15, 0.2) is 24.3 Å². The Labute approximate surface area is 223 Å². The Balaban J connectivity index is 2.33. The molecule has 0 fully saturated rings. The number of carbonyl (C=O) groups excluding carboxylic acids is 1. The number of unbranched alkanes of at least 4 members (excludes halogenated alkanes) is 7. The van der Waals surface area contributed by atoms with Crippen LogP contribution in [-0.4, -0.2) is 75.6 Å². The number of hydrogen-bond donors (Lipinski definition) is 1. The first-order valence-electron chi connectivity index (χ1n) is 13.4. The van der Waals surface area contributed by atoms with Gasteiger partial charge < -0.3 is 23.6 Å². The molecular formula is C27H49NO8P+. The summed E-state index contributed by atoms with van der Waals surface area (Å²) < 4.78 is 39.4. The largest absolute Gasteiger partial charge is 0.490 e. The first-order chi connectivity index (χ1) is 17.5. The van der Waals surface area contributed by atoms with E-state index >= 15 is 0 Å². The van der Waals surface area contributed by atoms with Gasteiger partial charge in [0.2, 0.25) is 0 Å². The van der Waals surface area contributed by atoms with Gasteiger partial charge in [-0.25, -0.2) is 4.57 Å². The van der Waals surface area contributed by atoms with Crippen molar-refractivity contribution in [2.45, 2.75) is 77.9 Å². The average Bonchev–Trinajstić information content (AvgIpc) is 2.81. The number of phosphoric acid groups is 1. The molecule has 0 aliphatic heterocycles. The molecule has 214 valence electrons. The second kappa shape index (κ2) is 18.7. The number of quaternary nitrogens is 1. The maximum Gasteiger partial charge on any atom is 0.472 e. The highest BCUT2D eigenvalue weighted by Crippen LogP contribution is 2.43. The van der Waals surface area contributed by atoms with E-state index in [1.807, 2.05) is 45.4 Å². The van der Waals surface area contributed by atoms with Crippen molar-refractivity contribution in [2.24, 2.45) is 0 Å². The van der Waals surface area contributed by atoms with Crippen molar-refractivity contribution in [3.05, 3.63) is 29.8 Å². The molecule has 10 heteroatoms. The fraction of sp³-hybridized carbons (Fsp3) is 0.741. The summed E-state index contributed by atoms with van der Waals surface area (Å²) in [5.74, 6) is 0.0373. The monoisotopic (exact) mass is 546 g/mol. The van der Waals surface area contributed by atoms with Gasteiger partial charge in [-0.3, -0.25) is 13.8 Å². The van der Waals surface area contributed by atoms with Crippen molar-refractivity contribution in [3.63, 3.8) is 0 Å². The molecule has 0 aliphatic rings. The van der Waals surface area contributed by atoms with Gasteiger partial charge in [0.25, 0.3) is 0 Å². The molecule has 0 heterocycles. The number of hydrogen-bond acceptors (Lipinski definition) is 7. The van der Waals surface area contributed by atoms with Crippen LogP contribution in [-0.2, 0) is 34.5 Å². The fourth-order valence-corrected chi connectivity index (χ4v) is 4.14. The first kappa shape index (κ1) is 33.5. The third-order valence-corrected chi connectivity index (χ3v) is 6.53. The van der Waals surface area contributed by atoms with E-state index in [2.05, 4.69) is 6.92 Å². The smallest absolute Gasteiger partial charge is 0.472 e. The molecule has 2 unspecified atom stereocenters. The summed E-state index contributed by atoms with van der Waals surface area (Å²) in [6, 6.07) is 7.46. The molecule has 0 spiro atoms. The van der Waals surface area contributed by atoms with Crippen LogP contribution in [0.25, 0.3) is 0 Å². The minimum atomic E-state index is -4.28. The van der Waals surface area contributed by atoms with Gasteiger partial charge in [-0.2, -0.15) is 0 Å². The summed E-state index contributed by atoms with van der Waals surface area (Å²) in [5, 5.41) is 0. The molecule has 0 radical (unpaired) electrons. The molecule has 37 heavy (non-hydrogen) atoms. The quantitative estimate of drug-likeness (QED) is 0.0882. The topological polar surface area (TPSA) is 101 Å². The second-order valence-electron chi connectivity index (χ2n) is 10.3. The summed E-state index contributed by atoms with van der Waals surface area (Å²) in [7, 11) is 1.55. The summed E-state index contributed by atoms with van der Waals surface area (Å²) in [6.45, 7) is 5.01. The van der Waals surface area contributed by atoms with E-state index in [1.165, 1.54) is 51.9 Å². The van der Waals surface area contributed by atoms with Crippen LogP contribution in [0.2, 0.25) is 0 Å². The van der Waals surface area contributed by atoms with Crippen LogP contribution in [0.4, 0.5) is 0 Å². The Morgan fingerprint density at radius 2 is 1.54 bits per heavy atom. The highest BCUT2D eigenvalue weighted by atomic mass is 31.2. The van der Waals surface area contributed by atoms with E-state index in [4.69, 9.17) is 23.3 Å². The van der Waals surface area contributed by atoms with Gasteiger partial charge in [-0.05, 0) is 24.1 Å². The van der Waals surface area contributed by atoms with E-state index in [0.717, 1.165) is 18.6 Å². The van der Waals surface area contributed by atoms with Crippen molar-refractivity contribution < 1.29 is 42.0 Å². The van der Waals surface area contributed by atoms with E-state index < -0.39 is 19.9 Å². The Bertz CT molecular complexity index is 782. The van der Waals surface area contributed by atoms with Crippen molar-refractivity contribution in [3.8, 4) is 5.75 Å². The Morgan fingerprint density at radius 3 is 2.14 bits per heavy atom. The van der Waals surface area contributed by atoms with E-state index in [-0.39, 0.29) is 19.8 Å². The Kier molecular flexibility index (Phi) is 17.0. The molecule has 0 aliphatic carbocycles. The number of nitrogens with zero attached hydrogens (tertiary/aromatic N) is 1. The normalized spacial score (nSPS) is 14.2. The molecule has 0 aromatic heterocycles. The molecule has 0 saturated heterocycles. The van der Waals surface area contributed by atoms with Crippen LogP contribution in [0.5, 0.6) is 5.75 Å². The molecule has 1 aromatic carbocycles. The lowest BCUT2D eigenvalue weighted by Crippen LogP contribution is -2.37. The number of esters is 1. The average molecular weight is 547 g/mol. The van der Waals surface area contributed by atoms with E-state index in [9.17, 15) is 14.3 Å². The van der Waals surface area contributed by atoms with Crippen LogP contribution in [0, 0.1) is 0 Å². The van der Waals surface area contributed by atoms with Crippen molar-refractivity contribution in [1.82, 2.24) is 0 Å². The lowest BCUT2D eigenvalue weighted by Gasteiger charge is -2.24. The fourth-order valence-electron chi connectivity index (χ4n) is 3.39. The third kappa shape index (κ3) is 19.3. The molecule has 1 aromatic rings. The number of benzene rings is 1. The molecule has 0 amide bonds. The standard InChI is InChI=1S/C27H48NO8P/c1-6-7-8-9-10-11-12-13-19-32-21-25-14-16-26(17-15-25)33-22-27(36-24(2)29)23-35-37(30,31)34-20-18-28(3,4)5/h14-17,27H,6-13,18-23H2,1-5H3/p+1. The van der Waals surface area contributed by atoms with Gasteiger partial charge in [0.1, 0.15) is 25.5 Å². The van der Waals surface area contributed by atoms with Gasteiger partial charge in [0, 0.05) is 13.5 Å². The molecule has 0 bridgehead atoms. The number of phosphoric ester groups is 1. The highest BCUT2D eigenvalue weighted by molar-refractivity contribution is 7.47. The van der Waals surface area contributed by atoms with Gasteiger partial charge in [-0.15, -0.1) is 0 Å².